The van der Waals surface area contributed by atoms with Crippen LogP contribution < -0.4 is 10.1 Å². The molecule has 0 saturated heterocycles. The Morgan fingerprint density at radius 3 is 2.45 bits per heavy atom. The number of aryl methyl sites for hydroxylation is 1. The van der Waals surface area contributed by atoms with Gasteiger partial charge in [0.15, 0.2) is 0 Å². The van der Waals surface area contributed by atoms with Crippen LogP contribution in [0.2, 0.25) is 0 Å². The van der Waals surface area contributed by atoms with Crippen molar-refractivity contribution >= 4 is 11.9 Å². The van der Waals surface area contributed by atoms with E-state index in [9.17, 15) is 14.0 Å². The average Bonchev–Trinajstić information content (AvgIpc) is 3.21. The maximum Gasteiger partial charge on any atom is 0.341 e. The Hall–Kier alpha value is -3.82. The predicted molar refractivity (Wildman–Crippen MR) is 108 cm³/mol. The maximum atomic E-state index is 13.2. The number of hydrogen-bond donors (Lipinski definition) is 1. The SMILES string of the molecule is COC(=O)c1cc(CNC(=O)C(Cc2ccc(F)cc2)n2nnnc2C)ccc1OC. The minimum atomic E-state index is -0.737. The van der Waals surface area contributed by atoms with E-state index in [1.165, 1.54) is 31.0 Å². The van der Waals surface area contributed by atoms with E-state index in [1.54, 1.807) is 37.3 Å². The van der Waals surface area contributed by atoms with Crippen LogP contribution in [-0.4, -0.2) is 46.3 Å². The molecule has 0 fully saturated rings. The first-order valence-electron chi connectivity index (χ1n) is 9.44. The molecule has 0 spiro atoms. The van der Waals surface area contributed by atoms with Crippen LogP contribution in [0.3, 0.4) is 0 Å². The second-order valence-corrected chi connectivity index (χ2v) is 6.76. The van der Waals surface area contributed by atoms with Crippen LogP contribution >= 0.6 is 0 Å². The molecule has 0 aliphatic heterocycles. The van der Waals surface area contributed by atoms with Crippen LogP contribution in [0.15, 0.2) is 42.5 Å². The van der Waals surface area contributed by atoms with Gasteiger partial charge >= 0.3 is 5.97 Å². The molecule has 3 aromatic rings. The molecule has 1 N–H and O–H groups in total. The average molecular weight is 427 g/mol. The molecule has 0 bridgehead atoms. The fourth-order valence-corrected chi connectivity index (χ4v) is 3.10. The van der Waals surface area contributed by atoms with Crippen molar-refractivity contribution < 1.29 is 23.5 Å². The molecule has 1 unspecified atom stereocenters. The predicted octanol–water partition coefficient (Wildman–Crippen LogP) is 2.02. The highest BCUT2D eigenvalue weighted by Crippen LogP contribution is 2.21. The van der Waals surface area contributed by atoms with E-state index in [2.05, 4.69) is 20.8 Å². The molecule has 1 aromatic heterocycles. The second kappa shape index (κ2) is 9.79. The van der Waals surface area contributed by atoms with Gasteiger partial charge in [0.25, 0.3) is 0 Å². The van der Waals surface area contributed by atoms with Crippen molar-refractivity contribution in [2.24, 2.45) is 0 Å². The minimum Gasteiger partial charge on any atom is -0.496 e. The van der Waals surface area contributed by atoms with E-state index >= 15 is 0 Å². The van der Waals surface area contributed by atoms with Gasteiger partial charge in [0.2, 0.25) is 5.91 Å². The second-order valence-electron chi connectivity index (χ2n) is 6.76. The number of halogens is 1. The van der Waals surface area contributed by atoms with Gasteiger partial charge in [-0.3, -0.25) is 4.79 Å². The van der Waals surface area contributed by atoms with Crippen LogP contribution in [-0.2, 0) is 22.5 Å². The summed E-state index contributed by atoms with van der Waals surface area (Å²) in [4.78, 5) is 25.0. The molecular weight excluding hydrogens is 405 g/mol. The number of aromatic nitrogens is 4. The Kier molecular flexibility index (Phi) is 6.91. The summed E-state index contributed by atoms with van der Waals surface area (Å²) in [7, 11) is 2.74. The van der Waals surface area contributed by atoms with Crippen LogP contribution in [0.25, 0.3) is 0 Å². The molecule has 9 nitrogen and oxygen atoms in total. The summed E-state index contributed by atoms with van der Waals surface area (Å²) < 4.78 is 24.6. The molecule has 31 heavy (non-hydrogen) atoms. The first-order valence-corrected chi connectivity index (χ1v) is 9.44. The van der Waals surface area contributed by atoms with E-state index in [0.29, 0.717) is 17.1 Å². The number of carbonyl (C=O) groups is 2. The van der Waals surface area contributed by atoms with Crippen LogP contribution in [0, 0.1) is 12.7 Å². The number of tetrazole rings is 1. The van der Waals surface area contributed by atoms with Gasteiger partial charge in [0.1, 0.15) is 29.0 Å². The van der Waals surface area contributed by atoms with Crippen molar-refractivity contribution in [3.05, 3.63) is 70.8 Å². The smallest absolute Gasteiger partial charge is 0.341 e. The fraction of sp³-hybridized carbons (Fsp3) is 0.286. The quantitative estimate of drug-likeness (QED) is 0.548. The first-order chi connectivity index (χ1) is 14.9. The standard InChI is InChI=1S/C21H22FN5O4/c1-13-24-25-26-27(13)18(11-14-4-7-16(22)8-5-14)20(28)23-12-15-6-9-19(30-2)17(10-15)21(29)31-3/h4-10,18H,11-12H2,1-3H3,(H,23,28). The Balaban J connectivity index is 1.78. The summed E-state index contributed by atoms with van der Waals surface area (Å²) in [6.45, 7) is 1.85. The molecule has 0 aliphatic carbocycles. The number of benzene rings is 2. The zero-order valence-corrected chi connectivity index (χ0v) is 17.3. The molecule has 10 heteroatoms. The van der Waals surface area contributed by atoms with Gasteiger partial charge in [-0.2, -0.15) is 0 Å². The van der Waals surface area contributed by atoms with Gasteiger partial charge < -0.3 is 14.8 Å². The van der Waals surface area contributed by atoms with E-state index in [1.807, 2.05) is 0 Å². The number of nitrogens with zero attached hydrogens (tertiary/aromatic N) is 4. The largest absolute Gasteiger partial charge is 0.496 e. The van der Waals surface area contributed by atoms with Crippen LogP contribution in [0.5, 0.6) is 5.75 Å². The summed E-state index contributed by atoms with van der Waals surface area (Å²) in [5.41, 5.74) is 1.70. The van der Waals surface area contributed by atoms with Gasteiger partial charge in [0.05, 0.1) is 14.2 Å². The molecule has 3 rings (SSSR count). The number of carbonyl (C=O) groups excluding carboxylic acids is 2. The first kappa shape index (κ1) is 21.9. The Morgan fingerprint density at radius 1 is 1.13 bits per heavy atom. The van der Waals surface area contributed by atoms with Gasteiger partial charge in [-0.25, -0.2) is 13.9 Å². The molecular formula is C21H22FN5O4. The van der Waals surface area contributed by atoms with Crippen molar-refractivity contribution in [1.82, 2.24) is 25.5 Å². The zero-order valence-electron chi connectivity index (χ0n) is 17.3. The third-order valence-corrected chi connectivity index (χ3v) is 4.73. The van der Waals surface area contributed by atoms with Crippen molar-refractivity contribution in [1.29, 1.82) is 0 Å². The normalized spacial score (nSPS) is 11.6. The Bertz CT molecular complexity index is 1070. The summed E-state index contributed by atoms with van der Waals surface area (Å²) in [6, 6.07) is 10.1. The Morgan fingerprint density at radius 2 is 1.84 bits per heavy atom. The number of ether oxygens (including phenoxy) is 2. The van der Waals surface area contributed by atoms with Gasteiger partial charge in [0, 0.05) is 13.0 Å². The molecule has 0 saturated carbocycles. The number of rotatable bonds is 8. The number of esters is 1. The van der Waals surface area contributed by atoms with Crippen molar-refractivity contribution in [2.45, 2.75) is 25.9 Å². The monoisotopic (exact) mass is 427 g/mol. The van der Waals surface area contributed by atoms with Gasteiger partial charge in [-0.15, -0.1) is 5.10 Å². The topological polar surface area (TPSA) is 108 Å². The number of amides is 1. The highest BCUT2D eigenvalue weighted by atomic mass is 19.1. The molecule has 1 heterocycles. The molecule has 2 aromatic carbocycles. The molecule has 162 valence electrons. The lowest BCUT2D eigenvalue weighted by atomic mass is 10.0. The van der Waals surface area contributed by atoms with Crippen LogP contribution in [0.1, 0.15) is 33.4 Å². The lowest BCUT2D eigenvalue weighted by molar-refractivity contribution is -0.124. The maximum absolute atomic E-state index is 13.2. The van der Waals surface area contributed by atoms with Crippen LogP contribution in [0.4, 0.5) is 4.39 Å². The van der Waals surface area contributed by atoms with Crippen molar-refractivity contribution in [3.63, 3.8) is 0 Å². The number of methoxy groups -OCH3 is 2. The van der Waals surface area contributed by atoms with E-state index < -0.39 is 12.0 Å². The van der Waals surface area contributed by atoms with Gasteiger partial charge in [-0.1, -0.05) is 18.2 Å². The van der Waals surface area contributed by atoms with Crippen molar-refractivity contribution in [3.8, 4) is 5.75 Å². The summed E-state index contributed by atoms with van der Waals surface area (Å²) >= 11 is 0. The molecule has 0 aliphatic rings. The summed E-state index contributed by atoms with van der Waals surface area (Å²) in [5.74, 6) is -0.372. The zero-order chi connectivity index (χ0) is 22.4. The number of hydrogen-bond acceptors (Lipinski definition) is 7. The third-order valence-electron chi connectivity index (χ3n) is 4.73. The molecule has 1 amide bonds. The third kappa shape index (κ3) is 5.21. The number of nitrogens with one attached hydrogen (secondary N) is 1. The molecule has 1 atom stereocenters. The Labute approximate surface area is 178 Å². The lowest BCUT2D eigenvalue weighted by Gasteiger charge is -2.18. The van der Waals surface area contributed by atoms with E-state index in [-0.39, 0.29) is 30.3 Å². The fourth-order valence-electron chi connectivity index (χ4n) is 3.10. The summed E-state index contributed by atoms with van der Waals surface area (Å²) in [6.07, 6.45) is 0.272. The highest BCUT2D eigenvalue weighted by Gasteiger charge is 2.24. The molecule has 0 radical (unpaired) electrons. The summed E-state index contributed by atoms with van der Waals surface area (Å²) in [5, 5.41) is 14.2. The van der Waals surface area contributed by atoms with Crippen molar-refractivity contribution in [2.75, 3.05) is 14.2 Å². The highest BCUT2D eigenvalue weighted by molar-refractivity contribution is 5.92. The lowest BCUT2D eigenvalue weighted by Crippen LogP contribution is -2.34. The van der Waals surface area contributed by atoms with E-state index in [0.717, 1.165) is 5.56 Å². The van der Waals surface area contributed by atoms with E-state index in [4.69, 9.17) is 9.47 Å². The minimum absolute atomic E-state index is 0.161. The van der Waals surface area contributed by atoms with Gasteiger partial charge in [-0.05, 0) is 52.7 Å².